The Bertz CT molecular complexity index is 687. The molecule has 8 heteroatoms. The largest absolute Gasteiger partial charge is 0.337 e. The second-order valence-corrected chi connectivity index (χ2v) is 6.09. The standard InChI is InChI=1S/C13H12N4O2S2/c1-13(11-3-2-8-21-11)14-12(20)16(15-13)9-4-6-10(7-5-9)17(18)19/h2-8,15H,1H3,(H,14,20)/t13-/m0/s1. The zero-order chi connectivity index (χ0) is 15.0. The molecule has 1 aliphatic rings. The lowest BCUT2D eigenvalue weighted by atomic mass is 10.2. The van der Waals surface area contributed by atoms with Gasteiger partial charge in [0.25, 0.3) is 5.69 Å². The Morgan fingerprint density at radius 3 is 2.62 bits per heavy atom. The summed E-state index contributed by atoms with van der Waals surface area (Å²) in [5.41, 5.74) is 3.63. The minimum Gasteiger partial charge on any atom is -0.337 e. The normalized spacial score (nSPS) is 21.4. The van der Waals surface area contributed by atoms with E-state index in [1.807, 2.05) is 24.4 Å². The summed E-state index contributed by atoms with van der Waals surface area (Å²) < 4.78 is 0. The first-order valence-corrected chi connectivity index (χ1v) is 7.47. The van der Waals surface area contributed by atoms with Gasteiger partial charge in [-0.1, -0.05) is 6.07 Å². The van der Waals surface area contributed by atoms with Crippen molar-refractivity contribution in [3.8, 4) is 0 Å². The number of thiocarbonyl (C=S) groups is 1. The summed E-state index contributed by atoms with van der Waals surface area (Å²) in [6.45, 7) is 2.00. The van der Waals surface area contributed by atoms with Crippen molar-refractivity contribution in [1.29, 1.82) is 0 Å². The molecule has 2 aromatic rings. The lowest BCUT2D eigenvalue weighted by Gasteiger charge is -2.24. The molecule has 2 heterocycles. The monoisotopic (exact) mass is 320 g/mol. The van der Waals surface area contributed by atoms with E-state index >= 15 is 0 Å². The van der Waals surface area contributed by atoms with Gasteiger partial charge in [0, 0.05) is 17.0 Å². The highest BCUT2D eigenvalue weighted by molar-refractivity contribution is 7.80. The SMILES string of the molecule is C[C@]1(c2cccs2)NC(=S)N(c2ccc([N+](=O)[O-])cc2)N1. The van der Waals surface area contributed by atoms with Crippen molar-refractivity contribution in [1.82, 2.24) is 10.7 Å². The number of hydrazine groups is 1. The van der Waals surface area contributed by atoms with Crippen molar-refractivity contribution in [2.45, 2.75) is 12.6 Å². The van der Waals surface area contributed by atoms with Crippen LogP contribution >= 0.6 is 23.6 Å². The van der Waals surface area contributed by atoms with Crippen LogP contribution in [-0.4, -0.2) is 10.0 Å². The van der Waals surface area contributed by atoms with Crippen LogP contribution in [0.15, 0.2) is 41.8 Å². The number of benzene rings is 1. The molecule has 2 N–H and O–H groups in total. The maximum Gasteiger partial charge on any atom is 0.269 e. The van der Waals surface area contributed by atoms with Gasteiger partial charge in [-0.3, -0.25) is 10.1 Å². The first-order chi connectivity index (χ1) is 9.99. The lowest BCUT2D eigenvalue weighted by Crippen LogP contribution is -2.45. The Balaban J connectivity index is 1.87. The number of anilines is 1. The summed E-state index contributed by atoms with van der Waals surface area (Å²) in [7, 11) is 0. The van der Waals surface area contributed by atoms with Crippen LogP contribution in [0.1, 0.15) is 11.8 Å². The van der Waals surface area contributed by atoms with Gasteiger partial charge in [-0.05, 0) is 42.7 Å². The molecule has 1 saturated heterocycles. The maximum absolute atomic E-state index is 10.7. The molecule has 0 amide bonds. The Kier molecular flexibility index (Phi) is 3.36. The molecule has 0 radical (unpaired) electrons. The van der Waals surface area contributed by atoms with Crippen LogP contribution in [0, 0.1) is 10.1 Å². The zero-order valence-corrected chi connectivity index (χ0v) is 12.7. The van der Waals surface area contributed by atoms with E-state index < -0.39 is 10.6 Å². The Morgan fingerprint density at radius 1 is 1.33 bits per heavy atom. The molecule has 0 spiro atoms. The second-order valence-electron chi connectivity index (χ2n) is 4.75. The number of thiophene rings is 1. The third kappa shape index (κ3) is 2.48. The Hall–Kier alpha value is -2.03. The number of nitrogens with one attached hydrogen (secondary N) is 2. The molecule has 21 heavy (non-hydrogen) atoms. The third-order valence-corrected chi connectivity index (χ3v) is 4.60. The Labute approximate surface area is 130 Å². The summed E-state index contributed by atoms with van der Waals surface area (Å²) in [5, 5.41) is 18.2. The van der Waals surface area contributed by atoms with Gasteiger partial charge in [-0.2, -0.15) is 5.43 Å². The van der Waals surface area contributed by atoms with Crippen LogP contribution < -0.4 is 15.8 Å². The summed E-state index contributed by atoms with van der Waals surface area (Å²) in [5.74, 6) is 0. The van der Waals surface area contributed by atoms with Crippen molar-refractivity contribution in [3.63, 3.8) is 0 Å². The highest BCUT2D eigenvalue weighted by atomic mass is 32.1. The van der Waals surface area contributed by atoms with Crippen molar-refractivity contribution < 1.29 is 4.92 Å². The number of hydrogen-bond donors (Lipinski definition) is 2. The molecule has 1 fully saturated rings. The summed E-state index contributed by atoms with van der Waals surface area (Å²) >= 11 is 6.98. The molecule has 0 aliphatic carbocycles. The highest BCUT2D eigenvalue weighted by Crippen LogP contribution is 2.29. The van der Waals surface area contributed by atoms with Gasteiger partial charge in [-0.25, -0.2) is 5.01 Å². The van der Waals surface area contributed by atoms with Crippen LogP contribution in [0.4, 0.5) is 11.4 Å². The zero-order valence-electron chi connectivity index (χ0n) is 11.1. The van der Waals surface area contributed by atoms with Gasteiger partial charge in [0.05, 0.1) is 10.6 Å². The Morgan fingerprint density at radius 2 is 2.05 bits per heavy atom. The van der Waals surface area contributed by atoms with Gasteiger partial charge in [0.15, 0.2) is 5.11 Å². The number of nitro benzene ring substituents is 1. The molecule has 1 atom stereocenters. The van der Waals surface area contributed by atoms with E-state index in [1.54, 1.807) is 28.5 Å². The van der Waals surface area contributed by atoms with Gasteiger partial charge in [0.1, 0.15) is 5.66 Å². The molecule has 0 bridgehead atoms. The fraction of sp³-hybridized carbons (Fsp3) is 0.154. The van der Waals surface area contributed by atoms with Crippen molar-refractivity contribution in [3.05, 3.63) is 56.8 Å². The van der Waals surface area contributed by atoms with Gasteiger partial charge < -0.3 is 5.32 Å². The van der Waals surface area contributed by atoms with E-state index in [1.165, 1.54) is 12.1 Å². The summed E-state index contributed by atoms with van der Waals surface area (Å²) in [6.07, 6.45) is 0. The molecule has 3 rings (SSSR count). The molecular weight excluding hydrogens is 308 g/mol. The average molecular weight is 320 g/mol. The topological polar surface area (TPSA) is 70.4 Å². The predicted octanol–water partition coefficient (Wildman–Crippen LogP) is 2.73. The van der Waals surface area contributed by atoms with Crippen LogP contribution in [-0.2, 0) is 5.66 Å². The van der Waals surface area contributed by atoms with E-state index in [2.05, 4.69) is 10.7 Å². The first-order valence-electron chi connectivity index (χ1n) is 6.18. The number of non-ortho nitro benzene ring substituents is 1. The van der Waals surface area contributed by atoms with Crippen LogP contribution in [0.25, 0.3) is 0 Å². The number of nitro groups is 1. The molecule has 0 saturated carbocycles. The number of nitrogens with zero attached hydrogens (tertiary/aromatic N) is 2. The molecule has 6 nitrogen and oxygen atoms in total. The van der Waals surface area contributed by atoms with Crippen LogP contribution in [0.2, 0.25) is 0 Å². The minimum absolute atomic E-state index is 0.0536. The van der Waals surface area contributed by atoms with E-state index in [0.29, 0.717) is 5.11 Å². The maximum atomic E-state index is 10.7. The molecule has 108 valence electrons. The molecule has 1 aliphatic heterocycles. The van der Waals surface area contributed by atoms with Gasteiger partial charge in [0.2, 0.25) is 0 Å². The number of rotatable bonds is 3. The fourth-order valence-corrected chi connectivity index (χ4v) is 3.31. The molecular formula is C13H12N4O2S2. The fourth-order valence-electron chi connectivity index (χ4n) is 2.16. The van der Waals surface area contributed by atoms with E-state index in [-0.39, 0.29) is 5.69 Å². The predicted molar refractivity (Wildman–Crippen MR) is 86.1 cm³/mol. The van der Waals surface area contributed by atoms with Crippen molar-refractivity contribution in [2.24, 2.45) is 0 Å². The van der Waals surface area contributed by atoms with E-state index in [4.69, 9.17) is 12.2 Å². The number of hydrogen-bond acceptors (Lipinski definition) is 5. The van der Waals surface area contributed by atoms with E-state index in [9.17, 15) is 10.1 Å². The average Bonchev–Trinajstić information content (AvgIpc) is 3.08. The van der Waals surface area contributed by atoms with E-state index in [0.717, 1.165) is 10.6 Å². The molecule has 0 unspecified atom stereocenters. The summed E-state index contributed by atoms with van der Waals surface area (Å²) in [4.78, 5) is 11.4. The third-order valence-electron chi connectivity index (χ3n) is 3.23. The molecule has 1 aromatic carbocycles. The van der Waals surface area contributed by atoms with Gasteiger partial charge in [-0.15, -0.1) is 11.3 Å². The quantitative estimate of drug-likeness (QED) is 0.515. The van der Waals surface area contributed by atoms with Crippen molar-refractivity contribution in [2.75, 3.05) is 5.01 Å². The second kappa shape index (κ2) is 5.06. The minimum atomic E-state index is -0.479. The van der Waals surface area contributed by atoms with Gasteiger partial charge >= 0.3 is 0 Å². The van der Waals surface area contributed by atoms with Crippen LogP contribution in [0.3, 0.4) is 0 Å². The smallest absolute Gasteiger partial charge is 0.269 e. The van der Waals surface area contributed by atoms with Crippen molar-refractivity contribution >= 4 is 40.0 Å². The lowest BCUT2D eigenvalue weighted by molar-refractivity contribution is -0.384. The highest BCUT2D eigenvalue weighted by Gasteiger charge is 2.38. The molecule has 1 aromatic heterocycles. The first kappa shape index (κ1) is 13.9. The van der Waals surface area contributed by atoms with Crippen LogP contribution in [0.5, 0.6) is 0 Å². The summed E-state index contributed by atoms with van der Waals surface area (Å²) in [6, 6.07) is 10.2.